The number of fused-ring (bicyclic) bond motifs is 1. The van der Waals surface area contributed by atoms with Gasteiger partial charge in [-0.15, -0.1) is 0 Å². The van der Waals surface area contributed by atoms with E-state index in [2.05, 4.69) is 31.1 Å². The number of amides is 3. The molecule has 3 aliphatic rings. The number of carbonyl (C=O) groups is 3. The summed E-state index contributed by atoms with van der Waals surface area (Å²) in [6.45, 7) is 3.42. The van der Waals surface area contributed by atoms with Crippen molar-refractivity contribution in [3.05, 3.63) is 47.0 Å². The first-order chi connectivity index (χ1) is 18.7. The van der Waals surface area contributed by atoms with Gasteiger partial charge in [-0.3, -0.25) is 14.4 Å². The van der Waals surface area contributed by atoms with Gasteiger partial charge >= 0.3 is 0 Å². The molecule has 2 aromatic rings. The van der Waals surface area contributed by atoms with Crippen LogP contribution in [0, 0.1) is 12.8 Å². The zero-order valence-electron chi connectivity index (χ0n) is 21.9. The highest BCUT2D eigenvalue weighted by Crippen LogP contribution is 2.33. The molecule has 3 amide bonds. The first kappa shape index (κ1) is 26.5. The molecule has 12 heteroatoms. The van der Waals surface area contributed by atoms with Gasteiger partial charge in [0.2, 0.25) is 5.91 Å². The molecular formula is C27H32N6O6. The molecule has 12 nitrogen and oxygen atoms in total. The van der Waals surface area contributed by atoms with Gasteiger partial charge in [-0.2, -0.15) is 0 Å². The molecule has 0 radical (unpaired) electrons. The summed E-state index contributed by atoms with van der Waals surface area (Å²) in [7, 11) is 0. The molecule has 206 valence electrons. The highest BCUT2D eigenvalue weighted by atomic mass is 16.6. The molecule has 1 saturated carbocycles. The SMILES string of the molecule is Cc1nc(C(=O)NCc2ccc3c(c2)NC(=O)CO3)cc(C2=NO[C@@H](C3CCC(NC(=O)[C@H](C)O)CC3)C2)n1. The van der Waals surface area contributed by atoms with Crippen LogP contribution in [-0.2, 0) is 21.0 Å². The van der Waals surface area contributed by atoms with Crippen LogP contribution in [0.15, 0.2) is 29.4 Å². The van der Waals surface area contributed by atoms with Crippen molar-refractivity contribution in [2.45, 2.75) is 70.7 Å². The Kier molecular flexibility index (Phi) is 7.73. The summed E-state index contributed by atoms with van der Waals surface area (Å²) in [4.78, 5) is 50.8. The molecule has 2 aliphatic heterocycles. The average Bonchev–Trinajstić information content (AvgIpc) is 3.42. The van der Waals surface area contributed by atoms with E-state index in [0.717, 1.165) is 31.2 Å². The van der Waals surface area contributed by atoms with Crippen LogP contribution < -0.4 is 20.7 Å². The number of hydrogen-bond donors (Lipinski definition) is 4. The molecule has 4 N–H and O–H groups in total. The lowest BCUT2D eigenvalue weighted by atomic mass is 9.81. The summed E-state index contributed by atoms with van der Waals surface area (Å²) in [5, 5.41) is 22.2. The topological polar surface area (TPSA) is 164 Å². The largest absolute Gasteiger partial charge is 0.482 e. The molecule has 1 aliphatic carbocycles. The highest BCUT2D eigenvalue weighted by Gasteiger charge is 2.34. The van der Waals surface area contributed by atoms with E-state index in [1.54, 1.807) is 25.1 Å². The van der Waals surface area contributed by atoms with Crippen LogP contribution in [0.4, 0.5) is 5.69 Å². The van der Waals surface area contributed by atoms with Crippen molar-refractivity contribution in [1.29, 1.82) is 0 Å². The van der Waals surface area contributed by atoms with Crippen molar-refractivity contribution in [2.24, 2.45) is 11.1 Å². The predicted molar refractivity (Wildman–Crippen MR) is 140 cm³/mol. The lowest BCUT2D eigenvalue weighted by Crippen LogP contribution is -2.43. The zero-order chi connectivity index (χ0) is 27.5. The number of anilines is 1. The summed E-state index contributed by atoms with van der Waals surface area (Å²) < 4.78 is 5.37. The lowest BCUT2D eigenvalue weighted by Gasteiger charge is -2.31. The quantitative estimate of drug-likeness (QED) is 0.414. The van der Waals surface area contributed by atoms with Crippen LogP contribution in [0.25, 0.3) is 0 Å². The van der Waals surface area contributed by atoms with Gasteiger partial charge in [0.25, 0.3) is 11.8 Å². The van der Waals surface area contributed by atoms with Crippen LogP contribution in [0.3, 0.4) is 0 Å². The number of aryl methyl sites for hydroxylation is 1. The number of aliphatic hydroxyl groups is 1. The number of rotatable bonds is 7. The van der Waals surface area contributed by atoms with Gasteiger partial charge in [0.05, 0.1) is 11.4 Å². The Morgan fingerprint density at radius 1 is 1.18 bits per heavy atom. The normalized spacial score (nSPS) is 22.9. The summed E-state index contributed by atoms with van der Waals surface area (Å²) in [6.07, 6.45) is 2.88. The molecule has 5 rings (SSSR count). The number of ether oxygens (including phenoxy) is 1. The smallest absolute Gasteiger partial charge is 0.270 e. The Morgan fingerprint density at radius 2 is 1.97 bits per heavy atom. The molecule has 1 aromatic heterocycles. The average molecular weight is 537 g/mol. The molecule has 0 spiro atoms. The van der Waals surface area contributed by atoms with Gasteiger partial charge in [-0.05, 0) is 69.2 Å². The van der Waals surface area contributed by atoms with E-state index >= 15 is 0 Å². The van der Waals surface area contributed by atoms with Crippen LogP contribution in [0.5, 0.6) is 5.75 Å². The minimum absolute atomic E-state index is 0.0128. The monoisotopic (exact) mass is 536 g/mol. The zero-order valence-corrected chi connectivity index (χ0v) is 21.9. The number of hydrogen-bond acceptors (Lipinski definition) is 9. The van der Waals surface area contributed by atoms with Gasteiger partial charge in [-0.25, -0.2) is 9.97 Å². The number of aliphatic hydroxyl groups excluding tert-OH is 1. The van der Waals surface area contributed by atoms with Crippen molar-refractivity contribution in [3.8, 4) is 5.75 Å². The van der Waals surface area contributed by atoms with Crippen LogP contribution in [-0.4, -0.2) is 63.4 Å². The number of oxime groups is 1. The second kappa shape index (κ2) is 11.4. The Labute approximate surface area is 225 Å². The van der Waals surface area contributed by atoms with Crippen molar-refractivity contribution in [3.63, 3.8) is 0 Å². The van der Waals surface area contributed by atoms with Crippen LogP contribution in [0.2, 0.25) is 0 Å². The minimum Gasteiger partial charge on any atom is -0.482 e. The van der Waals surface area contributed by atoms with E-state index in [9.17, 15) is 19.5 Å². The molecule has 3 heterocycles. The molecule has 39 heavy (non-hydrogen) atoms. The molecule has 0 bridgehead atoms. The predicted octanol–water partition coefficient (Wildman–Crippen LogP) is 1.59. The Morgan fingerprint density at radius 3 is 2.74 bits per heavy atom. The standard InChI is InChI=1S/C27H32N6O6/c1-14(34)26(36)31-18-6-4-17(5-7-18)24-11-20(33-39-24)19-10-22(30-15(2)29-19)27(37)28-12-16-3-8-23-21(9-16)32-25(35)13-38-23/h3,8-10,14,17-18,24,34H,4-7,11-13H2,1-2H3,(H,28,37)(H,31,36)(H,32,35)/t14-,17?,18?,24+/m0/s1. The molecule has 1 fully saturated rings. The van der Waals surface area contributed by atoms with Crippen molar-refractivity contribution >= 4 is 29.1 Å². The van der Waals surface area contributed by atoms with Crippen molar-refractivity contribution in [1.82, 2.24) is 20.6 Å². The maximum Gasteiger partial charge on any atom is 0.270 e. The summed E-state index contributed by atoms with van der Waals surface area (Å²) in [5.74, 6) is 0.423. The third kappa shape index (κ3) is 6.33. The number of nitrogens with zero attached hydrogens (tertiary/aromatic N) is 3. The third-order valence-electron chi connectivity index (χ3n) is 7.21. The Balaban J connectivity index is 1.16. The van der Waals surface area contributed by atoms with E-state index in [-0.39, 0.29) is 48.7 Å². The van der Waals surface area contributed by atoms with E-state index < -0.39 is 6.10 Å². The van der Waals surface area contributed by atoms with Gasteiger partial charge in [-0.1, -0.05) is 11.2 Å². The fraction of sp³-hybridized carbons (Fsp3) is 0.481. The van der Waals surface area contributed by atoms with Crippen molar-refractivity contribution < 1.29 is 29.1 Å². The Bertz CT molecular complexity index is 1300. The first-order valence-corrected chi connectivity index (χ1v) is 13.2. The van der Waals surface area contributed by atoms with E-state index in [1.807, 2.05) is 6.07 Å². The fourth-order valence-corrected chi connectivity index (χ4v) is 5.10. The van der Waals surface area contributed by atoms with Gasteiger partial charge in [0, 0.05) is 19.0 Å². The van der Waals surface area contributed by atoms with E-state index in [1.165, 1.54) is 6.92 Å². The van der Waals surface area contributed by atoms with Gasteiger partial charge in [0.1, 0.15) is 35.2 Å². The number of aromatic nitrogens is 2. The van der Waals surface area contributed by atoms with Crippen LogP contribution >= 0.6 is 0 Å². The molecule has 0 unspecified atom stereocenters. The third-order valence-corrected chi connectivity index (χ3v) is 7.21. The van der Waals surface area contributed by atoms with E-state index in [4.69, 9.17) is 9.57 Å². The second-order valence-corrected chi connectivity index (χ2v) is 10.2. The number of carbonyl (C=O) groups excluding carboxylic acids is 3. The van der Waals surface area contributed by atoms with Gasteiger partial charge in [0.15, 0.2) is 6.61 Å². The van der Waals surface area contributed by atoms with Gasteiger partial charge < -0.3 is 30.6 Å². The molecular weight excluding hydrogens is 504 g/mol. The highest BCUT2D eigenvalue weighted by molar-refractivity contribution is 6.02. The summed E-state index contributed by atoms with van der Waals surface area (Å²) >= 11 is 0. The second-order valence-electron chi connectivity index (χ2n) is 10.2. The summed E-state index contributed by atoms with van der Waals surface area (Å²) in [6, 6.07) is 7.03. The van der Waals surface area contributed by atoms with Crippen LogP contribution in [0.1, 0.15) is 66.6 Å². The lowest BCUT2D eigenvalue weighted by molar-refractivity contribution is -0.129. The van der Waals surface area contributed by atoms with Crippen molar-refractivity contribution in [2.75, 3.05) is 11.9 Å². The summed E-state index contributed by atoms with van der Waals surface area (Å²) in [5.41, 5.74) is 2.84. The maximum atomic E-state index is 12.9. The molecule has 1 aromatic carbocycles. The molecule has 2 atom stereocenters. The minimum atomic E-state index is -1.01. The number of nitrogens with one attached hydrogen (secondary N) is 3. The fourth-order valence-electron chi connectivity index (χ4n) is 5.10. The number of benzene rings is 1. The first-order valence-electron chi connectivity index (χ1n) is 13.2. The Hall–Kier alpha value is -4.06. The molecule has 0 saturated heterocycles. The maximum absolute atomic E-state index is 12.9. The van der Waals surface area contributed by atoms with E-state index in [0.29, 0.717) is 41.0 Å².